The standard InChI is InChI=1S/C11H14FNO4S/c1-13(6-5-11(14)15)10-4-3-8(7-9(10)12)18(2,16)17/h3-4,7H,5-6H2,1-2H3,(H,14,15). The Kier molecular flexibility index (Phi) is 4.28. The van der Waals surface area contributed by atoms with Crippen LogP contribution in [0.5, 0.6) is 0 Å². The average Bonchev–Trinajstić information content (AvgIpc) is 2.24. The maximum atomic E-state index is 13.7. The summed E-state index contributed by atoms with van der Waals surface area (Å²) in [4.78, 5) is 11.7. The van der Waals surface area contributed by atoms with E-state index in [9.17, 15) is 17.6 Å². The van der Waals surface area contributed by atoms with Gasteiger partial charge < -0.3 is 10.0 Å². The number of halogens is 1. The van der Waals surface area contributed by atoms with E-state index in [1.165, 1.54) is 17.0 Å². The van der Waals surface area contributed by atoms with Gasteiger partial charge in [0, 0.05) is 19.8 Å². The Balaban J connectivity index is 2.95. The zero-order chi connectivity index (χ0) is 13.9. The summed E-state index contributed by atoms with van der Waals surface area (Å²) < 4.78 is 36.1. The largest absolute Gasteiger partial charge is 0.481 e. The van der Waals surface area contributed by atoms with Crippen LogP contribution in [0.15, 0.2) is 23.1 Å². The Bertz CT molecular complexity index is 556. The maximum Gasteiger partial charge on any atom is 0.305 e. The number of carbonyl (C=O) groups is 1. The number of carboxylic acid groups (broad SMARTS) is 1. The molecular formula is C11H14FNO4S. The molecule has 18 heavy (non-hydrogen) atoms. The summed E-state index contributed by atoms with van der Waals surface area (Å²) in [6.45, 7) is 0.143. The second kappa shape index (κ2) is 5.34. The third-order valence-corrected chi connectivity index (χ3v) is 3.53. The second-order valence-electron chi connectivity index (χ2n) is 3.95. The summed E-state index contributed by atoms with van der Waals surface area (Å²) >= 11 is 0. The first kappa shape index (κ1) is 14.4. The van der Waals surface area contributed by atoms with Crippen molar-refractivity contribution in [1.29, 1.82) is 0 Å². The molecule has 0 saturated carbocycles. The van der Waals surface area contributed by atoms with E-state index < -0.39 is 21.6 Å². The van der Waals surface area contributed by atoms with Gasteiger partial charge in [-0.05, 0) is 18.2 Å². The highest BCUT2D eigenvalue weighted by molar-refractivity contribution is 7.90. The van der Waals surface area contributed by atoms with Crippen LogP contribution in [0, 0.1) is 5.82 Å². The number of sulfone groups is 1. The van der Waals surface area contributed by atoms with Crippen LogP contribution in [0.1, 0.15) is 6.42 Å². The third kappa shape index (κ3) is 3.69. The van der Waals surface area contributed by atoms with Crippen molar-refractivity contribution >= 4 is 21.5 Å². The van der Waals surface area contributed by atoms with Gasteiger partial charge in [0.15, 0.2) is 9.84 Å². The van der Waals surface area contributed by atoms with Crippen molar-refractivity contribution in [3.05, 3.63) is 24.0 Å². The number of carboxylic acids is 1. The smallest absolute Gasteiger partial charge is 0.305 e. The zero-order valence-electron chi connectivity index (χ0n) is 10.1. The molecule has 0 aromatic heterocycles. The summed E-state index contributed by atoms with van der Waals surface area (Å²) in [7, 11) is -1.90. The fourth-order valence-electron chi connectivity index (χ4n) is 1.41. The van der Waals surface area contributed by atoms with E-state index in [0.29, 0.717) is 0 Å². The van der Waals surface area contributed by atoms with E-state index in [-0.39, 0.29) is 23.5 Å². The molecule has 0 amide bonds. The maximum absolute atomic E-state index is 13.7. The lowest BCUT2D eigenvalue weighted by Crippen LogP contribution is -2.22. The fraction of sp³-hybridized carbons (Fsp3) is 0.364. The molecule has 0 unspecified atom stereocenters. The predicted octanol–water partition coefficient (Wildman–Crippen LogP) is 1.14. The van der Waals surface area contributed by atoms with E-state index in [2.05, 4.69) is 0 Å². The van der Waals surface area contributed by atoms with Gasteiger partial charge in [-0.2, -0.15) is 0 Å². The van der Waals surface area contributed by atoms with Crippen LogP contribution in [0.25, 0.3) is 0 Å². The minimum absolute atomic E-state index is 0.101. The number of nitrogens with zero attached hydrogens (tertiary/aromatic N) is 1. The first-order valence-corrected chi connectivity index (χ1v) is 7.03. The van der Waals surface area contributed by atoms with Gasteiger partial charge in [-0.25, -0.2) is 12.8 Å². The lowest BCUT2D eigenvalue weighted by Gasteiger charge is -2.19. The molecule has 1 aromatic rings. The highest BCUT2D eigenvalue weighted by Crippen LogP contribution is 2.21. The van der Waals surface area contributed by atoms with Gasteiger partial charge in [0.2, 0.25) is 0 Å². The molecular weight excluding hydrogens is 261 g/mol. The summed E-state index contributed by atoms with van der Waals surface area (Å²) in [5, 5.41) is 8.53. The topological polar surface area (TPSA) is 74.7 Å². The molecule has 0 aliphatic carbocycles. The highest BCUT2D eigenvalue weighted by Gasteiger charge is 2.13. The molecule has 7 heteroatoms. The zero-order valence-corrected chi connectivity index (χ0v) is 10.9. The molecule has 0 radical (unpaired) electrons. The molecule has 100 valence electrons. The van der Waals surface area contributed by atoms with Gasteiger partial charge >= 0.3 is 5.97 Å². The van der Waals surface area contributed by atoms with Crippen molar-refractivity contribution in [2.75, 3.05) is 24.7 Å². The fourth-order valence-corrected chi connectivity index (χ4v) is 2.04. The van der Waals surface area contributed by atoms with Crippen molar-refractivity contribution in [1.82, 2.24) is 0 Å². The molecule has 5 nitrogen and oxygen atoms in total. The van der Waals surface area contributed by atoms with Crippen molar-refractivity contribution in [3.63, 3.8) is 0 Å². The van der Waals surface area contributed by atoms with E-state index in [1.807, 2.05) is 0 Å². The normalized spacial score (nSPS) is 11.3. The third-order valence-electron chi connectivity index (χ3n) is 2.42. The molecule has 0 heterocycles. The summed E-state index contributed by atoms with van der Waals surface area (Å²) in [5.74, 6) is -1.67. The molecule has 0 fully saturated rings. The van der Waals surface area contributed by atoms with Gasteiger partial charge in [-0.3, -0.25) is 4.79 Å². The summed E-state index contributed by atoms with van der Waals surface area (Å²) in [6.07, 6.45) is 0.874. The Morgan fingerprint density at radius 1 is 1.44 bits per heavy atom. The number of benzene rings is 1. The van der Waals surface area contributed by atoms with Crippen LogP contribution in [0.4, 0.5) is 10.1 Å². The van der Waals surface area contributed by atoms with E-state index >= 15 is 0 Å². The molecule has 1 N–H and O–H groups in total. The molecule has 0 atom stereocenters. The van der Waals surface area contributed by atoms with Gasteiger partial charge in [-0.1, -0.05) is 0 Å². The van der Waals surface area contributed by atoms with Crippen LogP contribution >= 0.6 is 0 Å². The van der Waals surface area contributed by atoms with Crippen LogP contribution in [0.2, 0.25) is 0 Å². The molecule has 0 aliphatic heterocycles. The number of anilines is 1. The van der Waals surface area contributed by atoms with Crippen LogP contribution in [0.3, 0.4) is 0 Å². The van der Waals surface area contributed by atoms with Crippen LogP contribution < -0.4 is 4.90 Å². The first-order chi connectivity index (χ1) is 8.21. The number of rotatable bonds is 5. The summed E-state index contributed by atoms with van der Waals surface area (Å²) in [5.41, 5.74) is 0.170. The Morgan fingerprint density at radius 2 is 2.06 bits per heavy atom. The molecule has 1 rings (SSSR count). The molecule has 1 aromatic carbocycles. The predicted molar refractivity (Wildman–Crippen MR) is 65.0 cm³/mol. The Hall–Kier alpha value is -1.63. The lowest BCUT2D eigenvalue weighted by molar-refractivity contribution is -0.136. The van der Waals surface area contributed by atoms with Crippen LogP contribution in [-0.2, 0) is 14.6 Å². The first-order valence-electron chi connectivity index (χ1n) is 5.14. The Morgan fingerprint density at radius 3 is 2.50 bits per heavy atom. The summed E-state index contributed by atoms with van der Waals surface area (Å²) in [6, 6.07) is 3.56. The van der Waals surface area contributed by atoms with Crippen molar-refractivity contribution < 1.29 is 22.7 Å². The van der Waals surface area contributed by atoms with Gasteiger partial charge in [0.05, 0.1) is 17.0 Å². The van der Waals surface area contributed by atoms with E-state index in [1.54, 1.807) is 7.05 Å². The minimum atomic E-state index is -3.45. The highest BCUT2D eigenvalue weighted by atomic mass is 32.2. The Labute approximate surface area is 105 Å². The SMILES string of the molecule is CN(CCC(=O)O)c1ccc(S(C)(=O)=O)cc1F. The lowest BCUT2D eigenvalue weighted by atomic mass is 10.2. The molecule has 0 aliphatic rings. The molecule has 0 bridgehead atoms. The number of hydrogen-bond acceptors (Lipinski definition) is 4. The van der Waals surface area contributed by atoms with Crippen molar-refractivity contribution in [3.8, 4) is 0 Å². The van der Waals surface area contributed by atoms with Crippen LogP contribution in [-0.4, -0.2) is 39.3 Å². The minimum Gasteiger partial charge on any atom is -0.481 e. The van der Waals surface area contributed by atoms with Gasteiger partial charge in [0.1, 0.15) is 5.82 Å². The van der Waals surface area contributed by atoms with E-state index in [4.69, 9.17) is 5.11 Å². The average molecular weight is 275 g/mol. The number of aliphatic carboxylic acids is 1. The molecule has 0 spiro atoms. The monoisotopic (exact) mass is 275 g/mol. The van der Waals surface area contributed by atoms with E-state index in [0.717, 1.165) is 12.3 Å². The quantitative estimate of drug-likeness (QED) is 0.872. The number of hydrogen-bond donors (Lipinski definition) is 1. The second-order valence-corrected chi connectivity index (χ2v) is 5.97. The molecule has 0 saturated heterocycles. The van der Waals surface area contributed by atoms with Crippen molar-refractivity contribution in [2.45, 2.75) is 11.3 Å². The van der Waals surface area contributed by atoms with Crippen molar-refractivity contribution in [2.24, 2.45) is 0 Å². The van der Waals surface area contributed by atoms with Gasteiger partial charge in [-0.15, -0.1) is 0 Å². The van der Waals surface area contributed by atoms with Gasteiger partial charge in [0.25, 0.3) is 0 Å².